The number of carbonyl (C=O) groups excluding carboxylic acids is 1. The number of primary amides is 1. The van der Waals surface area contributed by atoms with E-state index in [1.807, 2.05) is 19.0 Å². The Labute approximate surface area is 226 Å². The van der Waals surface area contributed by atoms with Crippen LogP contribution in [0.1, 0.15) is 28.9 Å². The minimum Gasteiger partial charge on any atom is -0.465 e. The first kappa shape index (κ1) is 28.0. The number of halogens is 3. The first-order valence-corrected chi connectivity index (χ1v) is 12.0. The van der Waals surface area contributed by atoms with Gasteiger partial charge >= 0.3 is 6.09 Å². The summed E-state index contributed by atoms with van der Waals surface area (Å²) >= 11 is 0. The molecule has 40 heavy (non-hydrogen) atoms. The number of amides is 2. The van der Waals surface area contributed by atoms with Crippen molar-refractivity contribution in [3.8, 4) is 0 Å². The Morgan fingerprint density at radius 2 is 1.73 bits per heavy atom. The van der Waals surface area contributed by atoms with E-state index in [1.54, 1.807) is 29.9 Å². The molecule has 6 N–H and O–H groups in total. The Morgan fingerprint density at radius 3 is 2.33 bits per heavy atom. The fraction of sp³-hybridized carbons (Fsp3) is 0.231. The topological polar surface area (TPSA) is 150 Å². The summed E-state index contributed by atoms with van der Waals surface area (Å²) < 4.78 is 44.9. The normalized spacial score (nSPS) is 12.6. The van der Waals surface area contributed by atoms with Gasteiger partial charge in [-0.15, -0.1) is 0 Å². The molecule has 2 aromatic carbocycles. The van der Waals surface area contributed by atoms with Gasteiger partial charge in [-0.2, -0.15) is 5.10 Å². The highest BCUT2D eigenvalue weighted by molar-refractivity contribution is 5.99. The number of nitrogens with zero attached hydrogens (tertiary/aromatic N) is 4. The van der Waals surface area contributed by atoms with Crippen molar-refractivity contribution in [3.05, 3.63) is 71.0 Å². The highest BCUT2D eigenvalue weighted by atomic mass is 19.1. The molecule has 0 aliphatic rings. The molecule has 0 saturated carbocycles. The first-order valence-electron chi connectivity index (χ1n) is 12.0. The van der Waals surface area contributed by atoms with E-state index in [0.29, 0.717) is 17.6 Å². The van der Waals surface area contributed by atoms with Crippen LogP contribution in [-0.4, -0.2) is 52.0 Å². The maximum atomic E-state index is 15.2. The van der Waals surface area contributed by atoms with Gasteiger partial charge in [0.25, 0.3) is 5.91 Å². The van der Waals surface area contributed by atoms with Crippen molar-refractivity contribution in [1.29, 1.82) is 0 Å². The molecule has 14 heteroatoms. The van der Waals surface area contributed by atoms with Crippen LogP contribution in [0.15, 0.2) is 42.5 Å². The lowest BCUT2D eigenvalue weighted by molar-refractivity contribution is 0.1000. The van der Waals surface area contributed by atoms with Crippen LogP contribution in [0.2, 0.25) is 0 Å². The number of carboxylic acid groups (broad SMARTS) is 1. The highest BCUT2D eigenvalue weighted by Gasteiger charge is 2.26. The van der Waals surface area contributed by atoms with Gasteiger partial charge in [0.15, 0.2) is 17.5 Å². The molecule has 0 aliphatic heterocycles. The number of hydrogen-bond donors (Lipinski definition) is 5. The van der Waals surface area contributed by atoms with Crippen LogP contribution >= 0.6 is 0 Å². The second-order valence-electron chi connectivity index (χ2n) is 9.34. The summed E-state index contributed by atoms with van der Waals surface area (Å²) in [4.78, 5) is 29.5. The lowest BCUT2D eigenvalue weighted by Gasteiger charge is -2.27. The fourth-order valence-electron chi connectivity index (χ4n) is 4.34. The third-order valence-electron chi connectivity index (χ3n) is 6.15. The van der Waals surface area contributed by atoms with Crippen molar-refractivity contribution < 1.29 is 27.9 Å². The van der Waals surface area contributed by atoms with Crippen molar-refractivity contribution in [2.45, 2.75) is 19.0 Å². The number of pyridine rings is 1. The number of nitrogens with one attached hydrogen (secondary N) is 3. The molecule has 0 unspecified atom stereocenters. The van der Waals surface area contributed by atoms with Crippen molar-refractivity contribution in [2.24, 2.45) is 12.8 Å². The standard InChI is InChI=1S/C26H27F3N8O3/c1-12(31-26(39)40)21(13-7-14(27)9-15(28)8-13)33-24-19(29)11-18(22(30)38)23(34-24)32-16-5-6-20-17(10-16)25(36(2)3)35-37(20)4/h5-12,21,31H,1-4H3,(H2,30,38)(H,39,40)(H2,32,33,34)/t12-,21+/m0/s1. The fourth-order valence-corrected chi connectivity index (χ4v) is 4.34. The number of fused-ring (bicyclic) bond motifs is 1. The van der Waals surface area contributed by atoms with Gasteiger partial charge in [-0.1, -0.05) is 0 Å². The second kappa shape index (κ2) is 11.0. The van der Waals surface area contributed by atoms with Crippen LogP contribution in [0.5, 0.6) is 0 Å². The number of aromatic nitrogens is 3. The largest absolute Gasteiger partial charge is 0.465 e. The second-order valence-corrected chi connectivity index (χ2v) is 9.34. The monoisotopic (exact) mass is 556 g/mol. The Kier molecular flexibility index (Phi) is 7.70. The molecule has 0 radical (unpaired) electrons. The molecule has 2 amide bonds. The summed E-state index contributed by atoms with van der Waals surface area (Å²) in [5.74, 6) is -3.61. The van der Waals surface area contributed by atoms with E-state index in [4.69, 9.17) is 5.73 Å². The summed E-state index contributed by atoms with van der Waals surface area (Å²) in [6.07, 6.45) is -1.40. The van der Waals surface area contributed by atoms with Crippen LogP contribution in [0.4, 0.5) is 41.1 Å². The lowest BCUT2D eigenvalue weighted by Crippen LogP contribution is -2.39. The summed E-state index contributed by atoms with van der Waals surface area (Å²) in [7, 11) is 5.48. The molecule has 2 heterocycles. The maximum Gasteiger partial charge on any atom is 0.404 e. The minimum absolute atomic E-state index is 0.00770. The highest BCUT2D eigenvalue weighted by Crippen LogP contribution is 2.31. The van der Waals surface area contributed by atoms with E-state index in [-0.39, 0.29) is 16.9 Å². The van der Waals surface area contributed by atoms with E-state index in [9.17, 15) is 23.5 Å². The molecule has 4 aromatic rings. The molecule has 0 saturated heterocycles. The van der Waals surface area contributed by atoms with Gasteiger partial charge in [-0.05, 0) is 48.9 Å². The zero-order valence-corrected chi connectivity index (χ0v) is 22.0. The van der Waals surface area contributed by atoms with E-state index >= 15 is 4.39 Å². The number of aryl methyl sites for hydroxylation is 1. The van der Waals surface area contributed by atoms with Crippen LogP contribution in [0.25, 0.3) is 10.9 Å². The molecule has 2 aromatic heterocycles. The zero-order chi connectivity index (χ0) is 29.3. The molecular formula is C26H27F3N8O3. The maximum absolute atomic E-state index is 15.2. The Morgan fingerprint density at radius 1 is 1.05 bits per heavy atom. The summed E-state index contributed by atoms with van der Waals surface area (Å²) in [6, 6.07) is 6.63. The summed E-state index contributed by atoms with van der Waals surface area (Å²) in [6.45, 7) is 1.43. The molecule has 4 rings (SSSR count). The number of hydrogen-bond acceptors (Lipinski definition) is 7. The third kappa shape index (κ3) is 5.85. The Hall–Kier alpha value is -5.01. The zero-order valence-electron chi connectivity index (χ0n) is 22.0. The summed E-state index contributed by atoms with van der Waals surface area (Å²) in [5.41, 5.74) is 6.55. The SMILES string of the molecule is C[C@H](NC(=O)O)[C@@H](Nc1nc(Nc2ccc3c(c2)c(N(C)C)nn3C)c(C(N)=O)cc1F)c1cc(F)cc(F)c1. The predicted molar refractivity (Wildman–Crippen MR) is 144 cm³/mol. The van der Waals surface area contributed by atoms with Crippen molar-refractivity contribution in [1.82, 2.24) is 20.1 Å². The van der Waals surface area contributed by atoms with Gasteiger partial charge in [-0.25, -0.2) is 22.9 Å². The number of nitrogens with two attached hydrogens (primary N) is 1. The first-order chi connectivity index (χ1) is 18.8. The van der Waals surface area contributed by atoms with Gasteiger partial charge in [0.2, 0.25) is 0 Å². The number of benzene rings is 2. The molecule has 0 fully saturated rings. The van der Waals surface area contributed by atoms with Gasteiger partial charge in [0.05, 0.1) is 23.2 Å². The Bertz CT molecular complexity index is 1590. The predicted octanol–water partition coefficient (Wildman–Crippen LogP) is 4.10. The third-order valence-corrected chi connectivity index (χ3v) is 6.15. The van der Waals surface area contributed by atoms with E-state index in [0.717, 1.165) is 29.1 Å². The average Bonchev–Trinajstić information content (AvgIpc) is 3.18. The van der Waals surface area contributed by atoms with Crippen molar-refractivity contribution in [2.75, 3.05) is 29.6 Å². The van der Waals surface area contributed by atoms with Crippen molar-refractivity contribution >= 4 is 46.0 Å². The number of rotatable bonds is 9. The van der Waals surface area contributed by atoms with Gasteiger partial charge < -0.3 is 31.7 Å². The van der Waals surface area contributed by atoms with Crippen LogP contribution in [0, 0.1) is 17.5 Å². The van der Waals surface area contributed by atoms with Crippen LogP contribution in [-0.2, 0) is 7.05 Å². The van der Waals surface area contributed by atoms with E-state index in [2.05, 4.69) is 26.0 Å². The minimum atomic E-state index is -1.40. The molecule has 0 aliphatic carbocycles. The molecular weight excluding hydrogens is 529 g/mol. The quantitative estimate of drug-likeness (QED) is 0.207. The molecule has 0 bridgehead atoms. The summed E-state index contributed by atoms with van der Waals surface area (Å²) in [5, 5.41) is 22.4. The molecule has 2 atom stereocenters. The van der Waals surface area contributed by atoms with E-state index in [1.165, 1.54) is 6.92 Å². The smallest absolute Gasteiger partial charge is 0.404 e. The Balaban J connectivity index is 1.77. The van der Waals surface area contributed by atoms with Gasteiger partial charge in [0.1, 0.15) is 17.5 Å². The van der Waals surface area contributed by atoms with Gasteiger partial charge in [0, 0.05) is 38.3 Å². The van der Waals surface area contributed by atoms with E-state index < -0.39 is 47.4 Å². The van der Waals surface area contributed by atoms with Crippen LogP contribution in [0.3, 0.4) is 0 Å². The molecule has 0 spiro atoms. The van der Waals surface area contributed by atoms with Crippen molar-refractivity contribution in [3.63, 3.8) is 0 Å². The number of anilines is 4. The number of carbonyl (C=O) groups is 2. The van der Waals surface area contributed by atoms with Crippen LogP contribution < -0.4 is 26.6 Å². The lowest BCUT2D eigenvalue weighted by atomic mass is 10.00. The molecule has 11 nitrogen and oxygen atoms in total. The van der Waals surface area contributed by atoms with Gasteiger partial charge in [-0.3, -0.25) is 9.48 Å². The average molecular weight is 557 g/mol. The molecule has 210 valence electrons.